The Balaban J connectivity index is 2.18. The Hall–Kier alpha value is -0.930. The van der Waals surface area contributed by atoms with Crippen LogP contribution in [0.4, 0.5) is 0 Å². The summed E-state index contributed by atoms with van der Waals surface area (Å²) in [6, 6.07) is 4.82. The molecule has 1 heterocycles. The van der Waals surface area contributed by atoms with E-state index < -0.39 is 0 Å². The molecule has 0 aliphatic rings. The van der Waals surface area contributed by atoms with Gasteiger partial charge >= 0.3 is 0 Å². The number of aromatic nitrogens is 1. The maximum Gasteiger partial charge on any atom is 0.0420 e. The number of aryl methyl sites for hydroxylation is 2. The fourth-order valence-electron chi connectivity index (χ4n) is 1.73. The second-order valence-corrected chi connectivity index (χ2v) is 4.84. The fraction of sp³-hybridized carbons (Fsp3) is 0.643. The first-order valence-corrected chi connectivity index (χ1v) is 6.47. The number of rotatable bonds is 7. The maximum absolute atomic E-state index is 4.46. The van der Waals surface area contributed by atoms with Gasteiger partial charge in [-0.05, 0) is 45.0 Å². The third-order valence-electron chi connectivity index (χ3n) is 2.73. The molecule has 96 valence electrons. The molecular formula is C14H25N3. The normalized spacial score (nSPS) is 11.1. The van der Waals surface area contributed by atoms with Crippen LogP contribution in [0, 0.1) is 13.8 Å². The first-order chi connectivity index (χ1) is 8.09. The van der Waals surface area contributed by atoms with Gasteiger partial charge in [0.25, 0.3) is 0 Å². The minimum absolute atomic E-state index is 0.582. The highest BCUT2D eigenvalue weighted by Crippen LogP contribution is 2.05. The summed E-state index contributed by atoms with van der Waals surface area (Å²) in [4.78, 5) is 4.46. The predicted octanol–water partition coefficient (Wildman–Crippen LogP) is 2.18. The minimum atomic E-state index is 0.582. The van der Waals surface area contributed by atoms with Gasteiger partial charge in [0.1, 0.15) is 0 Å². The van der Waals surface area contributed by atoms with Crippen molar-refractivity contribution in [2.75, 3.05) is 13.1 Å². The van der Waals surface area contributed by atoms with Crippen LogP contribution >= 0.6 is 0 Å². The summed E-state index contributed by atoms with van der Waals surface area (Å²) in [6.07, 6.45) is 1.16. The molecule has 1 aromatic rings. The van der Waals surface area contributed by atoms with Crippen LogP contribution in [0.2, 0.25) is 0 Å². The van der Waals surface area contributed by atoms with Crippen molar-refractivity contribution in [1.82, 2.24) is 15.6 Å². The molecule has 3 heteroatoms. The van der Waals surface area contributed by atoms with Gasteiger partial charge in [0.2, 0.25) is 0 Å². The summed E-state index contributed by atoms with van der Waals surface area (Å²) in [5.41, 5.74) is 3.53. The minimum Gasteiger partial charge on any atom is -0.314 e. The van der Waals surface area contributed by atoms with E-state index in [4.69, 9.17) is 0 Å². The van der Waals surface area contributed by atoms with Gasteiger partial charge in [-0.2, -0.15) is 0 Å². The van der Waals surface area contributed by atoms with E-state index in [2.05, 4.69) is 48.5 Å². The van der Waals surface area contributed by atoms with E-state index in [1.807, 2.05) is 6.92 Å². The quantitative estimate of drug-likeness (QED) is 0.711. The van der Waals surface area contributed by atoms with Gasteiger partial charge in [-0.25, -0.2) is 0 Å². The summed E-state index contributed by atoms with van der Waals surface area (Å²) >= 11 is 0. The van der Waals surface area contributed by atoms with Crippen molar-refractivity contribution in [2.45, 2.75) is 46.7 Å². The van der Waals surface area contributed by atoms with Crippen molar-refractivity contribution < 1.29 is 0 Å². The van der Waals surface area contributed by atoms with Crippen LogP contribution in [0.3, 0.4) is 0 Å². The number of nitrogens with zero attached hydrogens (tertiary/aromatic N) is 1. The van der Waals surface area contributed by atoms with E-state index in [0.717, 1.165) is 37.4 Å². The Bertz CT molecular complexity index is 334. The second-order valence-electron chi connectivity index (χ2n) is 4.84. The lowest BCUT2D eigenvalue weighted by atomic mass is 10.2. The summed E-state index contributed by atoms with van der Waals surface area (Å²) in [6.45, 7) is 11.5. The fourth-order valence-corrected chi connectivity index (χ4v) is 1.73. The predicted molar refractivity (Wildman–Crippen MR) is 73.2 cm³/mol. The highest BCUT2D eigenvalue weighted by atomic mass is 14.9. The molecule has 0 spiro atoms. The molecule has 0 atom stereocenters. The average molecular weight is 235 g/mol. The van der Waals surface area contributed by atoms with Crippen molar-refractivity contribution in [3.63, 3.8) is 0 Å². The van der Waals surface area contributed by atoms with Crippen molar-refractivity contribution in [1.29, 1.82) is 0 Å². The molecule has 3 nitrogen and oxygen atoms in total. The van der Waals surface area contributed by atoms with Crippen LogP contribution in [-0.4, -0.2) is 24.1 Å². The lowest BCUT2D eigenvalue weighted by Gasteiger charge is -2.10. The summed E-state index contributed by atoms with van der Waals surface area (Å²) < 4.78 is 0. The van der Waals surface area contributed by atoms with Gasteiger partial charge in [0.15, 0.2) is 0 Å². The van der Waals surface area contributed by atoms with E-state index in [1.54, 1.807) is 0 Å². The summed E-state index contributed by atoms with van der Waals surface area (Å²) in [5, 5.41) is 6.87. The lowest BCUT2D eigenvalue weighted by molar-refractivity contribution is 0.547. The first kappa shape index (κ1) is 14.1. The van der Waals surface area contributed by atoms with Gasteiger partial charge in [0.05, 0.1) is 0 Å². The van der Waals surface area contributed by atoms with Crippen LogP contribution < -0.4 is 10.6 Å². The standard InChI is InChI=1S/C14H25N3/c1-11(2)16-9-5-8-15-10-14-7-6-12(3)17-13(14)4/h6-7,11,15-16H,5,8-10H2,1-4H3. The van der Waals surface area contributed by atoms with E-state index in [0.29, 0.717) is 6.04 Å². The molecule has 0 bridgehead atoms. The van der Waals surface area contributed by atoms with Gasteiger partial charge in [-0.15, -0.1) is 0 Å². The average Bonchev–Trinajstić information content (AvgIpc) is 2.25. The monoisotopic (exact) mass is 235 g/mol. The van der Waals surface area contributed by atoms with E-state index in [-0.39, 0.29) is 0 Å². The molecule has 0 aliphatic heterocycles. The Kier molecular flexibility index (Phi) is 6.16. The molecule has 1 aromatic heterocycles. The van der Waals surface area contributed by atoms with Gasteiger partial charge in [0, 0.05) is 24.0 Å². The molecular weight excluding hydrogens is 210 g/mol. The van der Waals surface area contributed by atoms with Crippen LogP contribution in [0.15, 0.2) is 12.1 Å². The van der Waals surface area contributed by atoms with E-state index in [1.165, 1.54) is 5.56 Å². The van der Waals surface area contributed by atoms with E-state index >= 15 is 0 Å². The number of hydrogen-bond donors (Lipinski definition) is 2. The molecule has 0 saturated carbocycles. The van der Waals surface area contributed by atoms with Crippen molar-refractivity contribution in [3.05, 3.63) is 29.1 Å². The molecule has 0 aromatic carbocycles. The molecule has 0 aliphatic carbocycles. The third kappa shape index (κ3) is 5.80. The number of nitrogens with one attached hydrogen (secondary N) is 2. The van der Waals surface area contributed by atoms with Crippen molar-refractivity contribution >= 4 is 0 Å². The Morgan fingerprint density at radius 1 is 1.18 bits per heavy atom. The zero-order valence-corrected chi connectivity index (χ0v) is 11.5. The highest BCUT2D eigenvalue weighted by molar-refractivity contribution is 5.21. The molecule has 0 saturated heterocycles. The topological polar surface area (TPSA) is 37.0 Å². The van der Waals surface area contributed by atoms with Crippen LogP contribution in [-0.2, 0) is 6.54 Å². The Labute approximate surface area is 105 Å². The lowest BCUT2D eigenvalue weighted by Crippen LogP contribution is -2.26. The van der Waals surface area contributed by atoms with Gasteiger partial charge in [-0.1, -0.05) is 19.9 Å². The first-order valence-electron chi connectivity index (χ1n) is 6.47. The Morgan fingerprint density at radius 3 is 2.59 bits per heavy atom. The van der Waals surface area contributed by atoms with Crippen molar-refractivity contribution in [2.24, 2.45) is 0 Å². The van der Waals surface area contributed by atoms with Crippen LogP contribution in [0.5, 0.6) is 0 Å². The van der Waals surface area contributed by atoms with E-state index in [9.17, 15) is 0 Å². The summed E-state index contributed by atoms with van der Waals surface area (Å²) in [7, 11) is 0. The number of pyridine rings is 1. The van der Waals surface area contributed by atoms with Gasteiger partial charge in [-0.3, -0.25) is 4.98 Å². The smallest absolute Gasteiger partial charge is 0.0420 e. The third-order valence-corrected chi connectivity index (χ3v) is 2.73. The van der Waals surface area contributed by atoms with Crippen LogP contribution in [0.1, 0.15) is 37.2 Å². The molecule has 0 fully saturated rings. The molecule has 1 rings (SSSR count). The summed E-state index contributed by atoms with van der Waals surface area (Å²) in [5.74, 6) is 0. The zero-order chi connectivity index (χ0) is 12.7. The SMILES string of the molecule is Cc1ccc(CNCCCNC(C)C)c(C)n1. The van der Waals surface area contributed by atoms with Gasteiger partial charge < -0.3 is 10.6 Å². The number of hydrogen-bond acceptors (Lipinski definition) is 3. The van der Waals surface area contributed by atoms with Crippen LogP contribution in [0.25, 0.3) is 0 Å². The largest absolute Gasteiger partial charge is 0.314 e. The molecule has 0 unspecified atom stereocenters. The molecule has 0 radical (unpaired) electrons. The maximum atomic E-state index is 4.46. The zero-order valence-electron chi connectivity index (χ0n) is 11.5. The van der Waals surface area contributed by atoms with Crippen molar-refractivity contribution in [3.8, 4) is 0 Å². The molecule has 2 N–H and O–H groups in total. The Morgan fingerprint density at radius 2 is 1.94 bits per heavy atom. The second kappa shape index (κ2) is 7.41. The highest BCUT2D eigenvalue weighted by Gasteiger charge is 1.99. The molecule has 17 heavy (non-hydrogen) atoms. The molecule has 0 amide bonds.